The topological polar surface area (TPSA) is 85.3 Å². The number of hydrogen-bond donors (Lipinski definition) is 1. The zero-order valence-electron chi connectivity index (χ0n) is 22.2. The van der Waals surface area contributed by atoms with Crippen molar-refractivity contribution < 1.29 is 28.9 Å². The molecule has 2 aliphatic rings. The lowest BCUT2D eigenvalue weighted by atomic mass is 9.84. The van der Waals surface area contributed by atoms with Crippen molar-refractivity contribution in [3.63, 3.8) is 0 Å². The molecule has 38 heavy (non-hydrogen) atoms. The Kier molecular flexibility index (Phi) is 6.39. The van der Waals surface area contributed by atoms with Crippen molar-refractivity contribution >= 4 is 23.1 Å². The molecule has 2 heterocycles. The Balaban J connectivity index is 1.75. The van der Waals surface area contributed by atoms with Crippen LogP contribution in [0.2, 0.25) is 0 Å². The van der Waals surface area contributed by atoms with Crippen LogP contribution in [0.15, 0.2) is 66.2 Å². The average molecular weight is 514 g/mol. The second-order valence-corrected chi connectivity index (χ2v) is 10.5. The summed E-state index contributed by atoms with van der Waals surface area (Å²) in [6.45, 7) is 8.93. The molecule has 1 fully saturated rings. The third-order valence-electron chi connectivity index (χ3n) is 7.04. The second-order valence-electron chi connectivity index (χ2n) is 10.5. The maximum Gasteiger partial charge on any atom is 0.300 e. The molecule has 1 unspecified atom stereocenters. The van der Waals surface area contributed by atoms with Crippen LogP contribution < -0.4 is 19.1 Å². The van der Waals surface area contributed by atoms with Crippen LogP contribution in [0.3, 0.4) is 0 Å². The van der Waals surface area contributed by atoms with Gasteiger partial charge < -0.3 is 19.3 Å². The lowest BCUT2D eigenvalue weighted by Crippen LogP contribution is -2.30. The molecular weight excluding hydrogens is 482 g/mol. The molecule has 2 aliphatic heterocycles. The molecule has 0 spiro atoms. The summed E-state index contributed by atoms with van der Waals surface area (Å²) in [5.74, 6) is -0.184. The van der Waals surface area contributed by atoms with Crippen molar-refractivity contribution in [1.29, 1.82) is 0 Å². The van der Waals surface area contributed by atoms with Crippen molar-refractivity contribution in [2.24, 2.45) is 0 Å². The number of benzene rings is 3. The lowest BCUT2D eigenvalue weighted by Gasteiger charge is -2.28. The summed E-state index contributed by atoms with van der Waals surface area (Å²) in [5.41, 5.74) is 3.16. The molecule has 0 bridgehead atoms. The number of amides is 1. The zero-order chi connectivity index (χ0) is 27.2. The standard InChI is InChI=1S/C31H31NO6/c1-18-10-11-19(31(2,3)4)16-22(18)28(33)26-27(21-8-6-7-9-23(21)36-5)32(30(35)29(26)34)20-12-13-24-25(17-20)38-15-14-37-24/h6-13,16-17,27,33H,14-15H2,1-5H3/b28-26+. The van der Waals surface area contributed by atoms with Crippen LogP contribution >= 0.6 is 0 Å². The Morgan fingerprint density at radius 1 is 0.974 bits per heavy atom. The number of Topliss-reactive ketones (excluding diaryl/α,β-unsaturated/α-hetero) is 1. The Hall–Kier alpha value is -4.26. The monoisotopic (exact) mass is 513 g/mol. The van der Waals surface area contributed by atoms with E-state index in [0.29, 0.717) is 47.3 Å². The molecule has 1 saturated heterocycles. The van der Waals surface area contributed by atoms with Crippen molar-refractivity contribution in [2.75, 3.05) is 25.2 Å². The molecular formula is C31H31NO6. The van der Waals surface area contributed by atoms with E-state index in [2.05, 4.69) is 20.8 Å². The maximum atomic E-state index is 13.7. The quantitative estimate of drug-likeness (QED) is 0.274. The van der Waals surface area contributed by atoms with E-state index in [0.717, 1.165) is 11.1 Å². The van der Waals surface area contributed by atoms with Crippen molar-refractivity contribution in [3.05, 3.63) is 88.5 Å². The van der Waals surface area contributed by atoms with E-state index in [1.807, 2.05) is 37.3 Å². The Morgan fingerprint density at radius 2 is 1.68 bits per heavy atom. The van der Waals surface area contributed by atoms with Gasteiger partial charge in [-0.2, -0.15) is 0 Å². The van der Waals surface area contributed by atoms with Gasteiger partial charge in [0.1, 0.15) is 24.7 Å². The highest BCUT2D eigenvalue weighted by molar-refractivity contribution is 6.51. The van der Waals surface area contributed by atoms with Crippen LogP contribution in [-0.4, -0.2) is 37.1 Å². The SMILES string of the molecule is COc1ccccc1C1/C(=C(\O)c2cc(C(C)(C)C)ccc2C)C(=O)C(=O)N1c1ccc2c(c1)OCCO2. The molecule has 0 radical (unpaired) electrons. The largest absolute Gasteiger partial charge is 0.507 e. The minimum Gasteiger partial charge on any atom is -0.507 e. The molecule has 7 nitrogen and oxygen atoms in total. The fraction of sp³-hybridized carbons (Fsp3) is 0.290. The van der Waals surface area contributed by atoms with E-state index < -0.39 is 17.7 Å². The summed E-state index contributed by atoms with van der Waals surface area (Å²) in [7, 11) is 1.53. The molecule has 1 atom stereocenters. The predicted molar refractivity (Wildman–Crippen MR) is 145 cm³/mol. The number of methoxy groups -OCH3 is 1. The van der Waals surface area contributed by atoms with Crippen molar-refractivity contribution in [3.8, 4) is 17.2 Å². The van der Waals surface area contributed by atoms with Crippen LogP contribution in [-0.2, 0) is 15.0 Å². The van der Waals surface area contributed by atoms with Crippen LogP contribution in [0.1, 0.15) is 49.1 Å². The number of ketones is 1. The van der Waals surface area contributed by atoms with Gasteiger partial charge in [0.05, 0.1) is 18.7 Å². The second kappa shape index (κ2) is 9.56. The van der Waals surface area contributed by atoms with Crippen LogP contribution in [0, 0.1) is 6.92 Å². The minimum absolute atomic E-state index is 0.00329. The third-order valence-corrected chi connectivity index (χ3v) is 7.04. The number of carbonyl (C=O) groups excluding carboxylic acids is 2. The maximum absolute atomic E-state index is 13.7. The fourth-order valence-corrected chi connectivity index (χ4v) is 4.96. The summed E-state index contributed by atoms with van der Waals surface area (Å²) in [5, 5.41) is 11.7. The van der Waals surface area contributed by atoms with Gasteiger partial charge in [0.2, 0.25) is 0 Å². The van der Waals surface area contributed by atoms with Gasteiger partial charge in [-0.25, -0.2) is 0 Å². The molecule has 0 aliphatic carbocycles. The first-order valence-corrected chi connectivity index (χ1v) is 12.6. The van der Waals surface area contributed by atoms with Gasteiger partial charge in [-0.3, -0.25) is 14.5 Å². The molecule has 3 aromatic carbocycles. The highest BCUT2D eigenvalue weighted by atomic mass is 16.6. The van der Waals surface area contributed by atoms with Crippen LogP contribution in [0.4, 0.5) is 5.69 Å². The number of aliphatic hydroxyl groups is 1. The van der Waals surface area contributed by atoms with E-state index >= 15 is 0 Å². The Morgan fingerprint density at radius 3 is 2.39 bits per heavy atom. The average Bonchev–Trinajstić information content (AvgIpc) is 3.17. The number of hydrogen-bond acceptors (Lipinski definition) is 6. The molecule has 196 valence electrons. The highest BCUT2D eigenvalue weighted by Gasteiger charge is 2.48. The number of carbonyl (C=O) groups is 2. The van der Waals surface area contributed by atoms with E-state index in [1.165, 1.54) is 12.0 Å². The van der Waals surface area contributed by atoms with Gasteiger partial charge in [-0.15, -0.1) is 0 Å². The van der Waals surface area contributed by atoms with Crippen LogP contribution in [0.25, 0.3) is 5.76 Å². The predicted octanol–water partition coefficient (Wildman–Crippen LogP) is 5.70. The minimum atomic E-state index is -0.925. The first-order chi connectivity index (χ1) is 18.1. The molecule has 0 aromatic heterocycles. The van der Waals surface area contributed by atoms with E-state index in [1.54, 1.807) is 30.3 Å². The van der Waals surface area contributed by atoms with E-state index in [9.17, 15) is 14.7 Å². The Bertz CT molecular complexity index is 1470. The summed E-state index contributed by atoms with van der Waals surface area (Å²) in [6.07, 6.45) is 0. The lowest BCUT2D eigenvalue weighted by molar-refractivity contribution is -0.132. The van der Waals surface area contributed by atoms with E-state index in [-0.39, 0.29) is 16.7 Å². The number of ether oxygens (including phenoxy) is 3. The smallest absolute Gasteiger partial charge is 0.300 e. The van der Waals surface area contributed by atoms with Gasteiger partial charge in [0.15, 0.2) is 11.5 Å². The first-order valence-electron chi connectivity index (χ1n) is 12.6. The molecule has 3 aromatic rings. The van der Waals surface area contributed by atoms with Crippen molar-refractivity contribution in [1.82, 2.24) is 0 Å². The van der Waals surface area contributed by atoms with Gasteiger partial charge in [0, 0.05) is 22.9 Å². The number of anilines is 1. The molecule has 1 N–H and O–H groups in total. The number of fused-ring (bicyclic) bond motifs is 1. The highest BCUT2D eigenvalue weighted by Crippen LogP contribution is 2.47. The molecule has 1 amide bonds. The number of rotatable bonds is 4. The third kappa shape index (κ3) is 4.28. The summed E-state index contributed by atoms with van der Waals surface area (Å²) < 4.78 is 17.0. The van der Waals surface area contributed by atoms with Crippen LogP contribution in [0.5, 0.6) is 17.2 Å². The molecule has 5 rings (SSSR count). The van der Waals surface area contributed by atoms with E-state index in [4.69, 9.17) is 14.2 Å². The summed E-state index contributed by atoms with van der Waals surface area (Å²) in [4.78, 5) is 28.7. The number of aliphatic hydroxyl groups excluding tert-OH is 1. The fourth-order valence-electron chi connectivity index (χ4n) is 4.96. The Labute approximate surface area is 222 Å². The number of para-hydroxylation sites is 1. The first kappa shape index (κ1) is 25.4. The van der Waals surface area contributed by atoms with Gasteiger partial charge in [-0.1, -0.05) is 51.1 Å². The zero-order valence-corrected chi connectivity index (χ0v) is 22.2. The van der Waals surface area contributed by atoms with Gasteiger partial charge in [0.25, 0.3) is 11.7 Å². The summed E-state index contributed by atoms with van der Waals surface area (Å²) >= 11 is 0. The van der Waals surface area contributed by atoms with Gasteiger partial charge >= 0.3 is 0 Å². The van der Waals surface area contributed by atoms with Gasteiger partial charge in [-0.05, 0) is 47.7 Å². The molecule has 0 saturated carbocycles. The summed E-state index contributed by atoms with van der Waals surface area (Å²) in [6, 6.07) is 17.2. The van der Waals surface area contributed by atoms with Crippen molar-refractivity contribution in [2.45, 2.75) is 39.2 Å². The normalized spacial score (nSPS) is 18.6. The molecule has 7 heteroatoms. The number of nitrogens with zero attached hydrogens (tertiary/aromatic N) is 1. The number of aryl methyl sites for hydroxylation is 1.